The number of rotatable bonds is 11. The molecule has 168 valence electrons. The Hall–Kier alpha value is -3.02. The van der Waals surface area contributed by atoms with Gasteiger partial charge in [0, 0.05) is 12.6 Å². The molecule has 0 spiro atoms. The molecule has 2 aromatic rings. The number of hydrogen-bond donors (Lipinski definition) is 1. The molecule has 2 aromatic carbocycles. The first-order valence-corrected chi connectivity index (χ1v) is 10.8. The summed E-state index contributed by atoms with van der Waals surface area (Å²) in [6, 6.07) is 14.6. The van der Waals surface area contributed by atoms with Gasteiger partial charge in [0.1, 0.15) is 17.5 Å². The van der Waals surface area contributed by atoms with Crippen LogP contribution in [0.3, 0.4) is 0 Å². The van der Waals surface area contributed by atoms with Crippen LogP contribution in [0.2, 0.25) is 0 Å². The van der Waals surface area contributed by atoms with Crippen molar-refractivity contribution in [1.82, 2.24) is 10.2 Å². The normalized spacial score (nSPS) is 12.5. The first-order valence-electron chi connectivity index (χ1n) is 10.8. The van der Waals surface area contributed by atoms with Crippen LogP contribution in [-0.4, -0.2) is 42.5 Å². The third kappa shape index (κ3) is 7.31. The van der Waals surface area contributed by atoms with Crippen LogP contribution >= 0.6 is 0 Å². The molecule has 2 rings (SSSR count). The lowest BCUT2D eigenvalue weighted by Crippen LogP contribution is -2.50. The van der Waals surface area contributed by atoms with E-state index in [2.05, 4.69) is 12.2 Å². The number of hydrogen-bond acceptors (Lipinski definition) is 4. The molecule has 0 unspecified atom stereocenters. The Labute approximate surface area is 185 Å². The van der Waals surface area contributed by atoms with Gasteiger partial charge < -0.3 is 19.7 Å². The summed E-state index contributed by atoms with van der Waals surface area (Å²) in [6.45, 7) is 7.92. The molecule has 0 fully saturated rings. The average molecular weight is 427 g/mol. The second kappa shape index (κ2) is 12.0. The van der Waals surface area contributed by atoms with E-state index in [0.29, 0.717) is 11.5 Å². The van der Waals surface area contributed by atoms with Crippen molar-refractivity contribution in [3.8, 4) is 11.5 Å². The quantitative estimate of drug-likeness (QED) is 0.590. The lowest BCUT2D eigenvalue weighted by atomic mass is 10.1. The zero-order valence-corrected chi connectivity index (χ0v) is 19.2. The number of carbonyl (C=O) groups excluding carboxylic acids is 2. The highest BCUT2D eigenvalue weighted by molar-refractivity contribution is 5.88. The smallest absolute Gasteiger partial charge is 0.261 e. The molecule has 0 bridgehead atoms. The van der Waals surface area contributed by atoms with Crippen molar-refractivity contribution in [2.24, 2.45) is 0 Å². The standard InChI is InChI=1S/C25H34N2O4/c1-6-18(3)26-25(29)19(4)27(16-21-9-8-10-23(15-21)30-5)24(28)17-31-22-13-11-20(7-2)12-14-22/h8-15,18-19H,6-7,16-17H2,1-5H3,(H,26,29)/t18-,19-/m0/s1. The molecular formula is C25H34N2O4. The van der Waals surface area contributed by atoms with E-state index in [0.717, 1.165) is 18.4 Å². The van der Waals surface area contributed by atoms with E-state index in [-0.39, 0.29) is 31.0 Å². The summed E-state index contributed by atoms with van der Waals surface area (Å²) in [5, 5.41) is 2.96. The highest BCUT2D eigenvalue weighted by Crippen LogP contribution is 2.17. The van der Waals surface area contributed by atoms with E-state index in [1.165, 1.54) is 5.56 Å². The average Bonchev–Trinajstić information content (AvgIpc) is 2.80. The number of amides is 2. The van der Waals surface area contributed by atoms with Crippen LogP contribution in [-0.2, 0) is 22.6 Å². The van der Waals surface area contributed by atoms with Gasteiger partial charge in [-0.05, 0) is 62.1 Å². The summed E-state index contributed by atoms with van der Waals surface area (Å²) >= 11 is 0. The van der Waals surface area contributed by atoms with Crippen LogP contribution in [0.25, 0.3) is 0 Å². The number of nitrogens with zero attached hydrogens (tertiary/aromatic N) is 1. The predicted octanol–water partition coefficient (Wildman–Crippen LogP) is 3.97. The summed E-state index contributed by atoms with van der Waals surface area (Å²) in [7, 11) is 1.60. The van der Waals surface area contributed by atoms with E-state index in [1.54, 1.807) is 18.9 Å². The Morgan fingerprint density at radius 3 is 2.32 bits per heavy atom. The van der Waals surface area contributed by atoms with Crippen molar-refractivity contribution in [3.63, 3.8) is 0 Å². The molecule has 2 atom stereocenters. The minimum Gasteiger partial charge on any atom is -0.497 e. The van der Waals surface area contributed by atoms with Gasteiger partial charge in [0.15, 0.2) is 6.61 Å². The molecule has 0 saturated carbocycles. The highest BCUT2D eigenvalue weighted by Gasteiger charge is 2.27. The molecule has 0 aromatic heterocycles. The van der Waals surface area contributed by atoms with Crippen molar-refractivity contribution in [2.75, 3.05) is 13.7 Å². The van der Waals surface area contributed by atoms with E-state index in [4.69, 9.17) is 9.47 Å². The maximum Gasteiger partial charge on any atom is 0.261 e. The van der Waals surface area contributed by atoms with Gasteiger partial charge in [-0.15, -0.1) is 0 Å². The minimum absolute atomic E-state index is 0.0389. The predicted molar refractivity (Wildman–Crippen MR) is 122 cm³/mol. The molecule has 0 aliphatic rings. The second-order valence-corrected chi connectivity index (χ2v) is 7.65. The van der Waals surface area contributed by atoms with Gasteiger partial charge in [-0.2, -0.15) is 0 Å². The fourth-order valence-electron chi connectivity index (χ4n) is 3.07. The van der Waals surface area contributed by atoms with Crippen molar-refractivity contribution in [1.29, 1.82) is 0 Å². The Morgan fingerprint density at radius 2 is 1.71 bits per heavy atom. The zero-order valence-electron chi connectivity index (χ0n) is 19.2. The number of benzene rings is 2. The topological polar surface area (TPSA) is 67.9 Å². The van der Waals surface area contributed by atoms with Gasteiger partial charge in [-0.3, -0.25) is 9.59 Å². The number of aryl methyl sites for hydroxylation is 1. The molecule has 2 amide bonds. The van der Waals surface area contributed by atoms with Gasteiger partial charge in [-0.1, -0.05) is 38.1 Å². The molecule has 0 radical (unpaired) electrons. The van der Waals surface area contributed by atoms with Gasteiger partial charge in [-0.25, -0.2) is 0 Å². The maximum absolute atomic E-state index is 13.1. The third-order valence-corrected chi connectivity index (χ3v) is 5.35. The van der Waals surface area contributed by atoms with Crippen molar-refractivity contribution in [3.05, 3.63) is 59.7 Å². The SMILES string of the molecule is CCc1ccc(OCC(=O)N(Cc2cccc(OC)c2)[C@@H](C)C(=O)N[C@@H](C)CC)cc1. The number of ether oxygens (including phenoxy) is 2. The van der Waals surface area contributed by atoms with E-state index in [1.807, 2.05) is 62.4 Å². The van der Waals surface area contributed by atoms with Gasteiger partial charge in [0.2, 0.25) is 5.91 Å². The summed E-state index contributed by atoms with van der Waals surface area (Å²) in [6.07, 6.45) is 1.76. The van der Waals surface area contributed by atoms with Crippen LogP contribution in [0.4, 0.5) is 0 Å². The van der Waals surface area contributed by atoms with E-state index >= 15 is 0 Å². The lowest BCUT2D eigenvalue weighted by molar-refractivity contribution is -0.142. The van der Waals surface area contributed by atoms with Gasteiger partial charge >= 0.3 is 0 Å². The highest BCUT2D eigenvalue weighted by atomic mass is 16.5. The summed E-state index contributed by atoms with van der Waals surface area (Å²) in [4.78, 5) is 27.4. The molecule has 0 aliphatic carbocycles. The Morgan fingerprint density at radius 1 is 1.00 bits per heavy atom. The fourth-order valence-corrected chi connectivity index (χ4v) is 3.07. The molecule has 0 saturated heterocycles. The van der Waals surface area contributed by atoms with Crippen LogP contribution < -0.4 is 14.8 Å². The summed E-state index contributed by atoms with van der Waals surface area (Å²) in [5.41, 5.74) is 2.08. The lowest BCUT2D eigenvalue weighted by Gasteiger charge is -2.29. The molecule has 1 N–H and O–H groups in total. The van der Waals surface area contributed by atoms with Crippen LogP contribution in [0.1, 0.15) is 45.2 Å². The van der Waals surface area contributed by atoms with Crippen LogP contribution in [0, 0.1) is 0 Å². The van der Waals surface area contributed by atoms with Gasteiger partial charge in [0.25, 0.3) is 5.91 Å². The van der Waals surface area contributed by atoms with E-state index in [9.17, 15) is 9.59 Å². The molecular weight excluding hydrogens is 392 g/mol. The first-order chi connectivity index (χ1) is 14.9. The Balaban J connectivity index is 2.15. The minimum atomic E-state index is -0.640. The Kier molecular flexibility index (Phi) is 9.38. The van der Waals surface area contributed by atoms with Crippen molar-refractivity contribution >= 4 is 11.8 Å². The molecule has 0 heterocycles. The largest absolute Gasteiger partial charge is 0.497 e. The monoisotopic (exact) mass is 426 g/mol. The molecule has 0 aliphatic heterocycles. The maximum atomic E-state index is 13.1. The van der Waals surface area contributed by atoms with Crippen molar-refractivity contribution < 1.29 is 19.1 Å². The number of nitrogens with one attached hydrogen (secondary N) is 1. The summed E-state index contributed by atoms with van der Waals surface area (Å²) < 4.78 is 11.0. The van der Waals surface area contributed by atoms with Crippen LogP contribution in [0.5, 0.6) is 11.5 Å². The number of methoxy groups -OCH3 is 1. The Bertz CT molecular complexity index is 851. The van der Waals surface area contributed by atoms with Crippen LogP contribution in [0.15, 0.2) is 48.5 Å². The molecule has 31 heavy (non-hydrogen) atoms. The van der Waals surface area contributed by atoms with Gasteiger partial charge in [0.05, 0.1) is 7.11 Å². The molecule has 6 nitrogen and oxygen atoms in total. The fraction of sp³-hybridized carbons (Fsp3) is 0.440. The molecule has 6 heteroatoms. The second-order valence-electron chi connectivity index (χ2n) is 7.65. The van der Waals surface area contributed by atoms with E-state index < -0.39 is 6.04 Å². The first kappa shape index (κ1) is 24.3. The zero-order chi connectivity index (χ0) is 22.8. The third-order valence-electron chi connectivity index (χ3n) is 5.35. The van der Waals surface area contributed by atoms with Crippen molar-refractivity contribution in [2.45, 2.75) is 59.2 Å². The number of carbonyl (C=O) groups is 2. The summed E-state index contributed by atoms with van der Waals surface area (Å²) in [5.74, 6) is 0.893.